The van der Waals surface area contributed by atoms with Gasteiger partial charge >= 0.3 is 0 Å². The molecule has 0 N–H and O–H groups in total. The lowest BCUT2D eigenvalue weighted by Gasteiger charge is -2.08. The lowest BCUT2D eigenvalue weighted by Crippen LogP contribution is -2.08. The van der Waals surface area contributed by atoms with Gasteiger partial charge in [-0.1, -0.05) is 6.92 Å². The van der Waals surface area contributed by atoms with Gasteiger partial charge in [0.15, 0.2) is 0 Å². The molecule has 5 heteroatoms. The number of hydrogen-bond donors (Lipinski definition) is 0. The molecule has 0 spiro atoms. The monoisotopic (exact) mass is 310 g/mol. The lowest BCUT2D eigenvalue weighted by molar-refractivity contribution is 0.470. The van der Waals surface area contributed by atoms with Crippen LogP contribution in [0.2, 0.25) is 0 Å². The van der Waals surface area contributed by atoms with Crippen molar-refractivity contribution in [2.45, 2.75) is 46.7 Å². The van der Waals surface area contributed by atoms with E-state index >= 15 is 0 Å². The van der Waals surface area contributed by atoms with E-state index in [1.807, 2.05) is 22.5 Å². The molecular weight excluding hydrogens is 292 g/mol. The summed E-state index contributed by atoms with van der Waals surface area (Å²) in [5, 5.41) is 9.10. The molecule has 0 amide bonds. The first-order valence-corrected chi connectivity index (χ1v) is 7.05. The van der Waals surface area contributed by atoms with Crippen LogP contribution in [0.15, 0.2) is 16.7 Å². The Hall–Kier alpha value is -1.10. The second kappa shape index (κ2) is 5.26. The van der Waals surface area contributed by atoms with E-state index in [9.17, 15) is 0 Å². The fraction of sp³-hybridized carbons (Fsp3) is 0.538. The topological polar surface area (TPSA) is 35.6 Å². The normalized spacial score (nSPS) is 12.9. The lowest BCUT2D eigenvalue weighted by atomic mass is 10.3. The fourth-order valence-corrected chi connectivity index (χ4v) is 2.16. The quantitative estimate of drug-likeness (QED) is 0.866. The van der Waals surface area contributed by atoms with Crippen LogP contribution in [0.5, 0.6) is 0 Å². The van der Waals surface area contributed by atoms with Crippen LogP contribution >= 0.6 is 15.9 Å². The summed E-state index contributed by atoms with van der Waals surface area (Å²) < 4.78 is 5.10. The highest BCUT2D eigenvalue weighted by molar-refractivity contribution is 9.10. The largest absolute Gasteiger partial charge is 0.270 e. The van der Waals surface area contributed by atoms with E-state index in [1.165, 1.54) is 0 Å². The number of rotatable bonds is 4. The standard InChI is InChI=1S/C13H19BrN4/c1-5-9(2)17-7-6-12(16-17)8-18-11(4)13(14)10(3)15-18/h6-7,9H,5,8H2,1-4H3. The predicted octanol–water partition coefficient (Wildman–Crippen LogP) is 3.48. The van der Waals surface area contributed by atoms with Crippen LogP contribution in [0, 0.1) is 13.8 Å². The number of aromatic nitrogens is 4. The Kier molecular flexibility index (Phi) is 3.90. The maximum absolute atomic E-state index is 4.60. The Morgan fingerprint density at radius 2 is 2.06 bits per heavy atom. The van der Waals surface area contributed by atoms with Gasteiger partial charge in [-0.25, -0.2) is 0 Å². The molecule has 0 aliphatic carbocycles. The van der Waals surface area contributed by atoms with Crippen molar-refractivity contribution >= 4 is 15.9 Å². The molecule has 0 fully saturated rings. The van der Waals surface area contributed by atoms with Crippen molar-refractivity contribution in [2.75, 3.05) is 0 Å². The molecule has 18 heavy (non-hydrogen) atoms. The molecule has 0 aromatic carbocycles. The minimum atomic E-state index is 0.450. The molecule has 98 valence electrons. The minimum absolute atomic E-state index is 0.450. The van der Waals surface area contributed by atoms with E-state index in [1.54, 1.807) is 0 Å². The van der Waals surface area contributed by atoms with Crippen LogP contribution in [0.4, 0.5) is 0 Å². The highest BCUT2D eigenvalue weighted by atomic mass is 79.9. The first kappa shape index (κ1) is 13.3. The highest BCUT2D eigenvalue weighted by Gasteiger charge is 2.11. The zero-order valence-corrected chi connectivity index (χ0v) is 12.9. The molecule has 0 bridgehead atoms. The van der Waals surface area contributed by atoms with Crippen LogP contribution < -0.4 is 0 Å². The van der Waals surface area contributed by atoms with Gasteiger partial charge in [-0.3, -0.25) is 9.36 Å². The first-order chi connectivity index (χ1) is 8.52. The van der Waals surface area contributed by atoms with Crippen LogP contribution in [0.1, 0.15) is 43.4 Å². The third kappa shape index (κ3) is 2.51. The Bertz CT molecular complexity index is 541. The maximum Gasteiger partial charge on any atom is 0.0853 e. The van der Waals surface area contributed by atoms with Gasteiger partial charge in [-0.05, 0) is 49.2 Å². The van der Waals surface area contributed by atoms with Gasteiger partial charge in [0, 0.05) is 12.2 Å². The Labute approximate surface area is 116 Å². The summed E-state index contributed by atoms with van der Waals surface area (Å²) in [6, 6.07) is 2.52. The van der Waals surface area contributed by atoms with Gasteiger partial charge in [-0.2, -0.15) is 10.2 Å². The summed E-state index contributed by atoms with van der Waals surface area (Å²) in [5.41, 5.74) is 3.22. The maximum atomic E-state index is 4.60. The van der Waals surface area contributed by atoms with Crippen molar-refractivity contribution in [2.24, 2.45) is 0 Å². The number of hydrogen-bond acceptors (Lipinski definition) is 2. The van der Waals surface area contributed by atoms with E-state index < -0.39 is 0 Å². The van der Waals surface area contributed by atoms with Gasteiger partial charge in [0.25, 0.3) is 0 Å². The Balaban J connectivity index is 2.19. The van der Waals surface area contributed by atoms with Crippen molar-refractivity contribution in [3.8, 4) is 0 Å². The molecule has 1 unspecified atom stereocenters. The molecule has 2 rings (SSSR count). The zero-order chi connectivity index (χ0) is 13.3. The second-order valence-electron chi connectivity index (χ2n) is 4.69. The van der Waals surface area contributed by atoms with Crippen molar-refractivity contribution in [1.29, 1.82) is 0 Å². The van der Waals surface area contributed by atoms with Crippen LogP contribution in [0.25, 0.3) is 0 Å². The molecule has 0 radical (unpaired) electrons. The number of aryl methyl sites for hydroxylation is 1. The summed E-state index contributed by atoms with van der Waals surface area (Å²) in [7, 11) is 0. The molecule has 4 nitrogen and oxygen atoms in total. The van der Waals surface area contributed by atoms with Crippen molar-refractivity contribution in [3.05, 3.63) is 33.8 Å². The van der Waals surface area contributed by atoms with Gasteiger partial charge in [0.05, 0.1) is 28.1 Å². The molecule has 0 aliphatic rings. The number of halogens is 1. The number of nitrogens with zero attached hydrogens (tertiary/aromatic N) is 4. The van der Waals surface area contributed by atoms with Gasteiger partial charge < -0.3 is 0 Å². The SMILES string of the molecule is CCC(C)n1ccc(Cn2nc(C)c(Br)c2C)n1. The van der Waals surface area contributed by atoms with Gasteiger partial charge in [0.2, 0.25) is 0 Å². The average molecular weight is 311 g/mol. The summed E-state index contributed by atoms with van der Waals surface area (Å²) in [6.07, 6.45) is 3.14. The van der Waals surface area contributed by atoms with Crippen molar-refractivity contribution in [1.82, 2.24) is 19.6 Å². The first-order valence-electron chi connectivity index (χ1n) is 6.26. The third-order valence-electron chi connectivity index (χ3n) is 3.31. The van der Waals surface area contributed by atoms with E-state index in [-0.39, 0.29) is 0 Å². The van der Waals surface area contributed by atoms with Gasteiger partial charge in [-0.15, -0.1) is 0 Å². The smallest absolute Gasteiger partial charge is 0.0853 e. The molecule has 1 atom stereocenters. The average Bonchev–Trinajstić information content (AvgIpc) is 2.91. The molecule has 0 saturated heterocycles. The van der Waals surface area contributed by atoms with Crippen molar-refractivity contribution < 1.29 is 0 Å². The van der Waals surface area contributed by atoms with E-state index in [2.05, 4.69) is 53.0 Å². The van der Waals surface area contributed by atoms with Crippen molar-refractivity contribution in [3.63, 3.8) is 0 Å². The van der Waals surface area contributed by atoms with E-state index in [0.29, 0.717) is 6.04 Å². The molecule has 0 aliphatic heterocycles. The molecular formula is C13H19BrN4. The fourth-order valence-electron chi connectivity index (χ4n) is 1.88. The third-order valence-corrected chi connectivity index (χ3v) is 4.46. The predicted molar refractivity (Wildman–Crippen MR) is 75.7 cm³/mol. The van der Waals surface area contributed by atoms with Crippen LogP contribution in [0.3, 0.4) is 0 Å². The molecule has 2 heterocycles. The second-order valence-corrected chi connectivity index (χ2v) is 5.48. The van der Waals surface area contributed by atoms with E-state index in [4.69, 9.17) is 0 Å². The summed E-state index contributed by atoms with van der Waals surface area (Å²) in [4.78, 5) is 0. The summed E-state index contributed by atoms with van der Waals surface area (Å²) >= 11 is 3.54. The van der Waals surface area contributed by atoms with E-state index in [0.717, 1.165) is 34.5 Å². The summed E-state index contributed by atoms with van der Waals surface area (Å²) in [6.45, 7) is 9.14. The van der Waals surface area contributed by atoms with Gasteiger partial charge in [0.1, 0.15) is 0 Å². The molecule has 2 aromatic rings. The Morgan fingerprint density at radius 1 is 1.33 bits per heavy atom. The molecule has 2 aromatic heterocycles. The zero-order valence-electron chi connectivity index (χ0n) is 11.3. The molecule has 0 saturated carbocycles. The minimum Gasteiger partial charge on any atom is -0.270 e. The summed E-state index contributed by atoms with van der Waals surface area (Å²) in [5.74, 6) is 0. The van der Waals surface area contributed by atoms with Crippen LogP contribution in [-0.2, 0) is 6.54 Å². The highest BCUT2D eigenvalue weighted by Crippen LogP contribution is 2.20. The Morgan fingerprint density at radius 3 is 2.61 bits per heavy atom. The van der Waals surface area contributed by atoms with Crippen LogP contribution in [-0.4, -0.2) is 19.6 Å².